The van der Waals surface area contributed by atoms with Crippen molar-refractivity contribution in [2.24, 2.45) is 0 Å². The van der Waals surface area contributed by atoms with Crippen molar-refractivity contribution in [3.8, 4) is 11.5 Å². The fraction of sp³-hybridized carbons (Fsp3) is 0.111. The molecule has 0 saturated carbocycles. The van der Waals surface area contributed by atoms with Crippen LogP contribution in [0.5, 0.6) is 11.5 Å². The molecule has 0 aliphatic heterocycles. The molecule has 0 aliphatic rings. The maximum atomic E-state index is 12.5. The summed E-state index contributed by atoms with van der Waals surface area (Å²) in [4.78, 5) is 23.6. The van der Waals surface area contributed by atoms with Crippen molar-refractivity contribution in [3.63, 3.8) is 0 Å². The largest absolute Gasteiger partial charge is 0.505 e. The van der Waals surface area contributed by atoms with Crippen LogP contribution in [0.25, 0.3) is 10.8 Å². The molecular formula is C27H28N4O4. The molecule has 7 N–H and O–H groups in total. The first-order valence-corrected chi connectivity index (χ1v) is 10.8. The lowest BCUT2D eigenvalue weighted by Gasteiger charge is -2.12. The van der Waals surface area contributed by atoms with E-state index < -0.39 is 0 Å². The second-order valence-electron chi connectivity index (χ2n) is 7.71. The number of amides is 2. The first-order chi connectivity index (χ1) is 16.8. The normalized spacial score (nSPS) is 10.1. The zero-order chi connectivity index (χ0) is 25.5. The van der Waals surface area contributed by atoms with Crippen molar-refractivity contribution < 1.29 is 19.4 Å². The number of phenols is 1. The summed E-state index contributed by atoms with van der Waals surface area (Å²) in [6.07, 6.45) is 0. The number of hydrogen-bond acceptors (Lipinski definition) is 6. The Morgan fingerprint density at radius 1 is 0.914 bits per heavy atom. The zero-order valence-electron chi connectivity index (χ0n) is 19.8. The molecule has 0 radical (unpaired) electrons. The van der Waals surface area contributed by atoms with Gasteiger partial charge in [0.25, 0.3) is 11.8 Å². The van der Waals surface area contributed by atoms with Gasteiger partial charge in [-0.25, -0.2) is 0 Å². The van der Waals surface area contributed by atoms with Gasteiger partial charge < -0.3 is 31.9 Å². The number of rotatable bonds is 4. The average molecular weight is 473 g/mol. The van der Waals surface area contributed by atoms with E-state index in [1.807, 2.05) is 55.5 Å². The van der Waals surface area contributed by atoms with Crippen molar-refractivity contribution in [2.75, 3.05) is 30.9 Å². The summed E-state index contributed by atoms with van der Waals surface area (Å²) in [5, 5.41) is 17.1. The first kappa shape index (κ1) is 24.9. The van der Waals surface area contributed by atoms with Crippen LogP contribution >= 0.6 is 0 Å². The summed E-state index contributed by atoms with van der Waals surface area (Å²) in [5.74, 6) is -0.156. The molecule has 8 heteroatoms. The van der Waals surface area contributed by atoms with E-state index in [1.165, 1.54) is 7.11 Å². The molecule has 4 aromatic rings. The fourth-order valence-electron chi connectivity index (χ4n) is 3.46. The van der Waals surface area contributed by atoms with Crippen LogP contribution in [0, 0.1) is 6.92 Å². The van der Waals surface area contributed by atoms with Gasteiger partial charge in [0, 0.05) is 23.7 Å². The van der Waals surface area contributed by atoms with Crippen LogP contribution < -0.4 is 26.8 Å². The van der Waals surface area contributed by atoms with E-state index in [9.17, 15) is 14.7 Å². The molecule has 0 aliphatic carbocycles. The number of anilines is 3. The number of aromatic hydroxyl groups is 1. The molecule has 8 nitrogen and oxygen atoms in total. The predicted molar refractivity (Wildman–Crippen MR) is 140 cm³/mol. The Morgan fingerprint density at radius 2 is 1.60 bits per heavy atom. The van der Waals surface area contributed by atoms with E-state index in [-0.39, 0.29) is 28.8 Å². The minimum Gasteiger partial charge on any atom is -0.505 e. The Labute approximate surface area is 203 Å². The third-order valence-electron chi connectivity index (χ3n) is 5.42. The number of benzene rings is 4. The van der Waals surface area contributed by atoms with Gasteiger partial charge in [0.15, 0.2) is 5.75 Å². The standard InChI is InChI=1S/C18H16N2O2.C9H12N2O2/c1-11-6-2-5-9-15(11)20-18(22)14-10-12-7-3-4-8-13(12)16(19)17(14)21;1-11-9(12)6-3-4-8(13-2)7(10)5-6/h2-10,21H,19H2,1H3,(H,20,22);3-5H,10H2,1-2H3,(H,11,12). The zero-order valence-corrected chi connectivity index (χ0v) is 19.8. The Hall–Kier alpha value is -4.72. The third-order valence-corrected chi connectivity index (χ3v) is 5.42. The molecule has 0 heterocycles. The van der Waals surface area contributed by atoms with Crippen molar-refractivity contribution in [3.05, 3.63) is 89.5 Å². The maximum Gasteiger partial charge on any atom is 0.259 e. The van der Waals surface area contributed by atoms with Gasteiger partial charge in [0.1, 0.15) is 5.75 Å². The lowest BCUT2D eigenvalue weighted by molar-refractivity contribution is 0.0962. The SMILES string of the molecule is CNC(=O)c1ccc(OC)c(N)c1.Cc1ccccc1NC(=O)c1cc2ccccc2c(N)c1O. The number of carbonyl (C=O) groups excluding carboxylic acids is 2. The van der Waals surface area contributed by atoms with Crippen LogP contribution in [-0.2, 0) is 0 Å². The number of carbonyl (C=O) groups is 2. The van der Waals surface area contributed by atoms with Crippen molar-refractivity contribution in [2.45, 2.75) is 6.92 Å². The van der Waals surface area contributed by atoms with Gasteiger partial charge in [-0.15, -0.1) is 0 Å². The Morgan fingerprint density at radius 3 is 2.26 bits per heavy atom. The van der Waals surface area contributed by atoms with Crippen LogP contribution in [0.1, 0.15) is 26.3 Å². The molecule has 4 rings (SSSR count). The van der Waals surface area contributed by atoms with E-state index in [2.05, 4.69) is 10.6 Å². The molecule has 180 valence electrons. The van der Waals surface area contributed by atoms with Gasteiger partial charge in [-0.3, -0.25) is 9.59 Å². The highest BCUT2D eigenvalue weighted by molar-refractivity contribution is 6.12. The lowest BCUT2D eigenvalue weighted by Crippen LogP contribution is -2.17. The van der Waals surface area contributed by atoms with E-state index in [0.717, 1.165) is 16.3 Å². The number of aryl methyl sites for hydroxylation is 1. The molecule has 0 fully saturated rings. The van der Waals surface area contributed by atoms with Gasteiger partial charge in [-0.05, 0) is 48.2 Å². The number of hydrogen-bond donors (Lipinski definition) is 5. The van der Waals surface area contributed by atoms with E-state index in [4.69, 9.17) is 16.2 Å². The number of nitrogen functional groups attached to an aromatic ring is 2. The molecule has 0 spiro atoms. The van der Waals surface area contributed by atoms with Crippen molar-refractivity contribution in [1.29, 1.82) is 0 Å². The molecule has 2 amide bonds. The Kier molecular flexibility index (Phi) is 7.78. The second kappa shape index (κ2) is 10.9. The molecule has 0 bridgehead atoms. The van der Waals surface area contributed by atoms with E-state index in [0.29, 0.717) is 22.7 Å². The summed E-state index contributed by atoms with van der Waals surface area (Å²) in [5.41, 5.74) is 14.6. The number of fused-ring (bicyclic) bond motifs is 1. The van der Waals surface area contributed by atoms with Gasteiger partial charge in [0.2, 0.25) is 0 Å². The monoisotopic (exact) mass is 472 g/mol. The molecule has 4 aromatic carbocycles. The average Bonchev–Trinajstić information content (AvgIpc) is 2.87. The Balaban J connectivity index is 0.000000225. The number of para-hydroxylation sites is 1. The molecule has 0 saturated heterocycles. The molecule has 35 heavy (non-hydrogen) atoms. The van der Waals surface area contributed by atoms with Crippen LogP contribution in [0.2, 0.25) is 0 Å². The molecular weight excluding hydrogens is 444 g/mol. The minimum absolute atomic E-state index is 0.158. The van der Waals surface area contributed by atoms with E-state index >= 15 is 0 Å². The topological polar surface area (TPSA) is 140 Å². The highest BCUT2D eigenvalue weighted by Crippen LogP contribution is 2.34. The molecule has 0 atom stereocenters. The number of ether oxygens (including phenoxy) is 1. The van der Waals surface area contributed by atoms with Gasteiger partial charge >= 0.3 is 0 Å². The predicted octanol–water partition coefficient (Wildman–Crippen LogP) is 4.33. The summed E-state index contributed by atoms with van der Waals surface area (Å²) in [7, 11) is 3.11. The summed E-state index contributed by atoms with van der Waals surface area (Å²) in [6.45, 7) is 1.91. The van der Waals surface area contributed by atoms with Gasteiger partial charge in [-0.2, -0.15) is 0 Å². The maximum absolute atomic E-state index is 12.5. The fourth-order valence-corrected chi connectivity index (χ4v) is 3.46. The highest BCUT2D eigenvalue weighted by Gasteiger charge is 2.17. The molecule has 0 aromatic heterocycles. The number of nitrogens with two attached hydrogens (primary N) is 2. The summed E-state index contributed by atoms with van der Waals surface area (Å²) < 4.78 is 4.96. The third kappa shape index (κ3) is 5.62. The van der Waals surface area contributed by atoms with E-state index in [1.54, 1.807) is 31.3 Å². The minimum atomic E-state index is -0.385. The van der Waals surface area contributed by atoms with Crippen molar-refractivity contribution >= 4 is 39.6 Å². The lowest BCUT2D eigenvalue weighted by atomic mass is 10.0. The van der Waals surface area contributed by atoms with Crippen LogP contribution in [0.3, 0.4) is 0 Å². The summed E-state index contributed by atoms with van der Waals surface area (Å²) >= 11 is 0. The Bertz CT molecular complexity index is 1390. The quantitative estimate of drug-likeness (QED) is 0.221. The first-order valence-electron chi connectivity index (χ1n) is 10.8. The number of phenolic OH excluding ortho intramolecular Hbond substituents is 1. The highest BCUT2D eigenvalue weighted by atomic mass is 16.5. The smallest absolute Gasteiger partial charge is 0.259 e. The summed E-state index contributed by atoms with van der Waals surface area (Å²) in [6, 6.07) is 21.4. The van der Waals surface area contributed by atoms with Crippen LogP contribution in [0.4, 0.5) is 17.1 Å². The number of nitrogens with one attached hydrogen (secondary N) is 2. The second-order valence-corrected chi connectivity index (χ2v) is 7.71. The van der Waals surface area contributed by atoms with Gasteiger partial charge in [-0.1, -0.05) is 42.5 Å². The van der Waals surface area contributed by atoms with Crippen molar-refractivity contribution in [1.82, 2.24) is 5.32 Å². The van der Waals surface area contributed by atoms with Gasteiger partial charge in [0.05, 0.1) is 24.0 Å². The molecule has 0 unspecified atom stereocenters. The van der Waals surface area contributed by atoms with Crippen LogP contribution in [0.15, 0.2) is 72.8 Å². The number of methoxy groups -OCH3 is 1. The van der Waals surface area contributed by atoms with Crippen LogP contribution in [-0.4, -0.2) is 31.1 Å².